The van der Waals surface area contributed by atoms with E-state index >= 15 is 0 Å². The highest BCUT2D eigenvalue weighted by molar-refractivity contribution is 6.00. The van der Waals surface area contributed by atoms with Crippen molar-refractivity contribution in [2.24, 2.45) is 4.99 Å². The molecule has 0 bridgehead atoms. The number of amides is 2. The van der Waals surface area contributed by atoms with Crippen LogP contribution >= 0.6 is 0 Å². The van der Waals surface area contributed by atoms with Crippen molar-refractivity contribution in [3.63, 3.8) is 0 Å². The van der Waals surface area contributed by atoms with Gasteiger partial charge < -0.3 is 34.1 Å². The average Bonchev–Trinajstić information content (AvgIpc) is 3.43. The Labute approximate surface area is 269 Å². The molecule has 0 aliphatic heterocycles. The minimum absolute atomic E-state index is 0.0204. The van der Waals surface area contributed by atoms with Crippen molar-refractivity contribution >= 4 is 29.9 Å². The second-order valence-electron chi connectivity index (χ2n) is 12.4. The fourth-order valence-corrected chi connectivity index (χ4v) is 4.02. The minimum atomic E-state index is -1.08. The predicted octanol–water partition coefficient (Wildman–Crippen LogP) is 4.45. The second kappa shape index (κ2) is 16.0. The van der Waals surface area contributed by atoms with Gasteiger partial charge in [-0.25, -0.2) is 19.4 Å². The zero-order chi connectivity index (χ0) is 34.8. The summed E-state index contributed by atoms with van der Waals surface area (Å²) >= 11 is 0. The molecule has 2 amide bonds. The van der Waals surface area contributed by atoms with Crippen LogP contribution in [0.3, 0.4) is 0 Å². The first kappa shape index (κ1) is 37.4. The summed E-state index contributed by atoms with van der Waals surface area (Å²) in [7, 11) is 2.79. The van der Waals surface area contributed by atoms with Crippen LogP contribution < -0.4 is 25.7 Å². The highest BCUT2D eigenvalue weighted by Crippen LogP contribution is 2.32. The lowest BCUT2D eigenvalue weighted by Gasteiger charge is -2.23. The van der Waals surface area contributed by atoms with E-state index in [1.165, 1.54) is 13.3 Å². The summed E-state index contributed by atoms with van der Waals surface area (Å²) in [6.07, 6.45) is -0.0381. The number of methoxy groups -OCH3 is 2. The number of esters is 1. The number of imidazole rings is 1. The molecule has 0 radical (unpaired) electrons. The Bertz CT molecular complexity index is 1440. The summed E-state index contributed by atoms with van der Waals surface area (Å²) < 4.78 is 20.8. The van der Waals surface area contributed by atoms with Crippen LogP contribution in [0.15, 0.2) is 17.3 Å². The highest BCUT2D eigenvalue weighted by atomic mass is 16.7. The van der Waals surface area contributed by atoms with Crippen LogP contribution in [-0.2, 0) is 14.2 Å². The number of hydrogen-bond donors (Lipinski definition) is 4. The van der Waals surface area contributed by atoms with Gasteiger partial charge in [-0.15, -0.1) is 0 Å². The third-order valence-corrected chi connectivity index (χ3v) is 6.21. The van der Waals surface area contributed by atoms with Crippen molar-refractivity contribution in [3.05, 3.63) is 40.5 Å². The van der Waals surface area contributed by atoms with Crippen molar-refractivity contribution in [1.82, 2.24) is 26.1 Å². The number of aliphatic imine (C=N–C) groups is 1. The second-order valence-corrected chi connectivity index (χ2v) is 12.4. The molecule has 46 heavy (non-hydrogen) atoms. The van der Waals surface area contributed by atoms with Crippen LogP contribution in [0.25, 0.3) is 0 Å². The number of alkyl carbamates (subject to hydrolysis) is 2. The van der Waals surface area contributed by atoms with Crippen molar-refractivity contribution in [1.29, 1.82) is 0 Å². The molecule has 15 heteroatoms. The number of carbonyl (C=O) groups is 4. The molecule has 15 nitrogen and oxygen atoms in total. The number of rotatable bonds is 11. The molecule has 0 aliphatic carbocycles. The lowest BCUT2D eigenvalue weighted by Crippen LogP contribution is -2.45. The van der Waals surface area contributed by atoms with E-state index in [2.05, 4.69) is 35.8 Å². The molecule has 254 valence electrons. The third-order valence-electron chi connectivity index (χ3n) is 6.21. The highest BCUT2D eigenvalue weighted by Gasteiger charge is 2.28. The average molecular weight is 647 g/mol. The van der Waals surface area contributed by atoms with E-state index < -0.39 is 41.2 Å². The molecule has 1 aromatic carbocycles. The van der Waals surface area contributed by atoms with Gasteiger partial charge in [-0.05, 0) is 92.3 Å². The van der Waals surface area contributed by atoms with Crippen LogP contribution in [-0.4, -0.2) is 77.9 Å². The number of carbonyl (C=O) groups excluding carboxylic acids is 4. The Hall–Kier alpha value is -4.82. The van der Waals surface area contributed by atoms with Crippen LogP contribution in [0, 0.1) is 20.8 Å². The van der Waals surface area contributed by atoms with Crippen LogP contribution in [0.4, 0.5) is 9.59 Å². The van der Waals surface area contributed by atoms with Gasteiger partial charge in [0, 0.05) is 12.1 Å². The van der Waals surface area contributed by atoms with Gasteiger partial charge in [-0.1, -0.05) is 0 Å². The Morgan fingerprint density at radius 2 is 1.59 bits per heavy atom. The number of ketones is 1. The van der Waals surface area contributed by atoms with E-state index in [0.717, 1.165) is 16.7 Å². The minimum Gasteiger partial charge on any atom is -0.496 e. The van der Waals surface area contributed by atoms with Gasteiger partial charge in [0.1, 0.15) is 22.6 Å². The van der Waals surface area contributed by atoms with Gasteiger partial charge in [0.2, 0.25) is 11.7 Å². The van der Waals surface area contributed by atoms with E-state index in [0.29, 0.717) is 11.5 Å². The van der Waals surface area contributed by atoms with Crippen LogP contribution in [0.2, 0.25) is 0 Å². The smallest absolute Gasteiger partial charge is 0.414 e. The van der Waals surface area contributed by atoms with E-state index in [4.69, 9.17) is 19.0 Å². The van der Waals surface area contributed by atoms with E-state index in [1.54, 1.807) is 48.7 Å². The van der Waals surface area contributed by atoms with Crippen molar-refractivity contribution < 1.29 is 43.0 Å². The Kier molecular flexibility index (Phi) is 13.0. The molecule has 0 saturated heterocycles. The Morgan fingerprint density at radius 1 is 0.957 bits per heavy atom. The number of H-pyrrole nitrogens is 1. The molecule has 2 aromatic rings. The van der Waals surface area contributed by atoms with Crippen LogP contribution in [0.5, 0.6) is 11.5 Å². The number of aryl methyl sites for hydroxylation is 1. The molecule has 4 N–H and O–H groups in total. The number of hydroxylamine groups is 1. The number of aromatic amines is 1. The molecular weight excluding hydrogens is 600 g/mol. The number of ether oxygens (including phenoxy) is 4. The summed E-state index contributed by atoms with van der Waals surface area (Å²) in [4.78, 5) is 67.1. The maximum absolute atomic E-state index is 13.3. The van der Waals surface area contributed by atoms with Gasteiger partial charge >= 0.3 is 18.2 Å². The summed E-state index contributed by atoms with van der Waals surface area (Å²) in [5, 5.41) is 5.11. The van der Waals surface area contributed by atoms with Gasteiger partial charge in [-0.3, -0.25) is 15.1 Å². The zero-order valence-corrected chi connectivity index (χ0v) is 28.4. The standard InChI is InChI=1S/C31H46N6O9/c1-17-15-22(42-10)18(2)19(3)24(17)46-37-27(36-29(41)45-31(7,8)9)32-14-12-13-20(35-28(40)44-30(4,5)6)23(38)25-33-16-21(34-25)26(39)43-11/h15-16,20H,12-14H2,1-11H3,(H,33,34)(H,35,40)(H2,32,36,37,41). The number of guanidine groups is 1. The fraction of sp³-hybridized carbons (Fsp3) is 0.548. The summed E-state index contributed by atoms with van der Waals surface area (Å²) in [5.41, 5.74) is 3.59. The summed E-state index contributed by atoms with van der Waals surface area (Å²) in [6, 6.07) is 0.750. The molecule has 1 aromatic heterocycles. The maximum Gasteiger partial charge on any atom is 0.414 e. The van der Waals surface area contributed by atoms with Crippen molar-refractivity contribution in [3.8, 4) is 11.5 Å². The largest absolute Gasteiger partial charge is 0.496 e. The molecule has 1 heterocycles. The normalized spacial score (nSPS) is 12.5. The first-order chi connectivity index (χ1) is 21.3. The van der Waals surface area contributed by atoms with Crippen LogP contribution in [0.1, 0.15) is 92.2 Å². The van der Waals surface area contributed by atoms with Gasteiger partial charge in [0.15, 0.2) is 11.6 Å². The topological polar surface area (TPSA) is 192 Å². The molecule has 1 unspecified atom stereocenters. The number of nitrogens with zero attached hydrogens (tertiary/aromatic N) is 2. The van der Waals surface area contributed by atoms with Gasteiger partial charge in [-0.2, -0.15) is 5.48 Å². The summed E-state index contributed by atoms with van der Waals surface area (Å²) in [5.74, 6) is -0.241. The fourth-order valence-electron chi connectivity index (χ4n) is 4.02. The first-order valence-electron chi connectivity index (χ1n) is 14.6. The molecular formula is C31H46N6O9. The molecule has 2 rings (SSSR count). The summed E-state index contributed by atoms with van der Waals surface area (Å²) in [6.45, 7) is 16.0. The zero-order valence-electron chi connectivity index (χ0n) is 28.4. The Morgan fingerprint density at radius 3 is 2.17 bits per heavy atom. The Balaban J connectivity index is 2.25. The van der Waals surface area contributed by atoms with E-state index in [1.807, 2.05) is 26.8 Å². The molecule has 1 atom stereocenters. The molecule has 0 fully saturated rings. The third kappa shape index (κ3) is 11.6. The van der Waals surface area contributed by atoms with E-state index in [9.17, 15) is 19.2 Å². The predicted molar refractivity (Wildman–Crippen MR) is 169 cm³/mol. The molecule has 0 spiro atoms. The monoisotopic (exact) mass is 646 g/mol. The number of benzene rings is 1. The number of nitrogens with one attached hydrogen (secondary N) is 4. The van der Waals surface area contributed by atoms with Gasteiger partial charge in [0.25, 0.3) is 0 Å². The van der Waals surface area contributed by atoms with Gasteiger partial charge in [0.05, 0.1) is 26.5 Å². The SMILES string of the molecule is COC(=O)c1cnc(C(=O)C(CCCN=C(NOc2c(C)cc(OC)c(C)c2C)NC(=O)OC(C)(C)C)NC(=O)OC(C)(C)C)[nH]1. The van der Waals surface area contributed by atoms with E-state index in [-0.39, 0.29) is 36.9 Å². The lowest BCUT2D eigenvalue weighted by atomic mass is 10.0. The lowest BCUT2D eigenvalue weighted by molar-refractivity contribution is 0.0485. The molecule has 0 saturated carbocycles. The number of Topliss-reactive ketones (excluding diaryl/α,β-unsaturated/α-hetero) is 1. The first-order valence-corrected chi connectivity index (χ1v) is 14.6. The maximum atomic E-state index is 13.3. The molecule has 0 aliphatic rings. The number of aromatic nitrogens is 2. The quantitative estimate of drug-likeness (QED) is 0.0513. The van der Waals surface area contributed by atoms with Crippen molar-refractivity contribution in [2.75, 3.05) is 20.8 Å². The number of hydrogen-bond acceptors (Lipinski definition) is 11. The van der Waals surface area contributed by atoms with Crippen molar-refractivity contribution in [2.45, 2.75) is 92.4 Å².